The lowest BCUT2D eigenvalue weighted by molar-refractivity contribution is -0.146. The minimum atomic E-state index is -0.243. The van der Waals surface area contributed by atoms with Crippen LogP contribution in [0.1, 0.15) is 48.4 Å². The second-order valence-corrected chi connectivity index (χ2v) is 9.18. The van der Waals surface area contributed by atoms with E-state index < -0.39 is 0 Å². The molecule has 0 radical (unpaired) electrons. The fraction of sp³-hybridized carbons (Fsp3) is 0.423. The SMILES string of the molecule is COCCN(CC(=O)N1N=C(c2ccccc2Cl)CC1c1ccc(C)cc1)C(=O)C1CCC1. The van der Waals surface area contributed by atoms with E-state index in [2.05, 4.69) is 0 Å². The second-order valence-electron chi connectivity index (χ2n) is 8.78. The third-order valence-corrected chi connectivity index (χ3v) is 6.80. The van der Waals surface area contributed by atoms with E-state index in [1.165, 1.54) is 5.01 Å². The topological polar surface area (TPSA) is 62.2 Å². The molecule has 33 heavy (non-hydrogen) atoms. The Morgan fingerprint density at radius 3 is 2.52 bits per heavy atom. The van der Waals surface area contributed by atoms with Crippen LogP contribution < -0.4 is 0 Å². The Bertz CT molecular complexity index is 1030. The van der Waals surface area contributed by atoms with Gasteiger partial charge in [0.1, 0.15) is 6.54 Å². The van der Waals surface area contributed by atoms with E-state index in [1.54, 1.807) is 12.0 Å². The number of carbonyl (C=O) groups excluding carboxylic acids is 2. The van der Waals surface area contributed by atoms with Gasteiger partial charge in [-0.05, 0) is 31.4 Å². The van der Waals surface area contributed by atoms with Gasteiger partial charge in [0.2, 0.25) is 5.91 Å². The summed E-state index contributed by atoms with van der Waals surface area (Å²) in [5.74, 6) is -0.150. The zero-order chi connectivity index (χ0) is 23.4. The smallest absolute Gasteiger partial charge is 0.262 e. The Labute approximate surface area is 200 Å². The summed E-state index contributed by atoms with van der Waals surface area (Å²) >= 11 is 6.44. The molecule has 0 bridgehead atoms. The summed E-state index contributed by atoms with van der Waals surface area (Å²) in [6, 6.07) is 15.4. The summed E-state index contributed by atoms with van der Waals surface area (Å²) < 4.78 is 5.19. The number of nitrogens with zero attached hydrogens (tertiary/aromatic N) is 3. The van der Waals surface area contributed by atoms with Crippen LogP contribution in [0.4, 0.5) is 0 Å². The van der Waals surface area contributed by atoms with E-state index in [-0.39, 0.29) is 30.3 Å². The summed E-state index contributed by atoms with van der Waals surface area (Å²) in [5.41, 5.74) is 3.76. The van der Waals surface area contributed by atoms with Crippen molar-refractivity contribution in [3.8, 4) is 0 Å². The molecular weight excluding hydrogens is 438 g/mol. The molecule has 1 heterocycles. The van der Waals surface area contributed by atoms with E-state index in [0.717, 1.165) is 41.7 Å². The van der Waals surface area contributed by atoms with Crippen molar-refractivity contribution < 1.29 is 14.3 Å². The van der Waals surface area contributed by atoms with Gasteiger partial charge in [-0.25, -0.2) is 5.01 Å². The number of hydrogen-bond acceptors (Lipinski definition) is 4. The average Bonchev–Trinajstić information content (AvgIpc) is 3.21. The molecule has 2 aliphatic rings. The lowest BCUT2D eigenvalue weighted by Crippen LogP contribution is -2.46. The number of hydrogen-bond donors (Lipinski definition) is 0. The van der Waals surface area contributed by atoms with Crippen LogP contribution in [0, 0.1) is 12.8 Å². The quantitative estimate of drug-likeness (QED) is 0.570. The van der Waals surface area contributed by atoms with Gasteiger partial charge in [0.15, 0.2) is 0 Å². The zero-order valence-electron chi connectivity index (χ0n) is 19.2. The molecule has 7 heteroatoms. The Morgan fingerprint density at radius 2 is 1.88 bits per heavy atom. The van der Waals surface area contributed by atoms with Crippen molar-refractivity contribution in [3.05, 3.63) is 70.2 Å². The molecule has 2 amide bonds. The number of ether oxygens (including phenoxy) is 1. The van der Waals surface area contributed by atoms with E-state index >= 15 is 0 Å². The van der Waals surface area contributed by atoms with Crippen molar-refractivity contribution in [2.24, 2.45) is 11.0 Å². The van der Waals surface area contributed by atoms with Gasteiger partial charge in [0.25, 0.3) is 5.91 Å². The Kier molecular flexibility index (Phi) is 7.46. The number of rotatable bonds is 8. The third kappa shape index (κ3) is 5.28. The van der Waals surface area contributed by atoms with Crippen molar-refractivity contribution in [1.82, 2.24) is 9.91 Å². The van der Waals surface area contributed by atoms with Crippen molar-refractivity contribution >= 4 is 29.1 Å². The largest absolute Gasteiger partial charge is 0.383 e. The van der Waals surface area contributed by atoms with Crippen LogP contribution in [0.5, 0.6) is 0 Å². The molecule has 1 atom stereocenters. The highest BCUT2D eigenvalue weighted by Gasteiger charge is 2.36. The van der Waals surface area contributed by atoms with Gasteiger partial charge in [-0.2, -0.15) is 5.10 Å². The van der Waals surface area contributed by atoms with Crippen LogP contribution in [-0.4, -0.2) is 54.2 Å². The van der Waals surface area contributed by atoms with Crippen LogP contribution in [0.3, 0.4) is 0 Å². The predicted molar refractivity (Wildman–Crippen MR) is 129 cm³/mol. The maximum absolute atomic E-state index is 13.5. The first-order valence-electron chi connectivity index (χ1n) is 11.5. The summed E-state index contributed by atoms with van der Waals surface area (Å²) in [6.45, 7) is 2.80. The fourth-order valence-electron chi connectivity index (χ4n) is 4.26. The molecule has 0 spiro atoms. The van der Waals surface area contributed by atoms with E-state index in [4.69, 9.17) is 21.4 Å². The van der Waals surface area contributed by atoms with Gasteiger partial charge in [-0.15, -0.1) is 0 Å². The van der Waals surface area contributed by atoms with Gasteiger partial charge in [0.05, 0.1) is 18.4 Å². The van der Waals surface area contributed by atoms with E-state index in [1.807, 2.05) is 55.5 Å². The summed E-state index contributed by atoms with van der Waals surface area (Å²) in [5, 5.41) is 6.86. The molecule has 0 N–H and O–H groups in total. The standard InChI is InChI=1S/C26H30ClN3O3/c1-18-10-12-19(13-11-18)24-16-23(21-8-3-4-9-22(21)27)28-30(24)25(31)17-29(14-15-33-2)26(32)20-6-5-7-20/h3-4,8-13,20,24H,5-7,14-17H2,1-2H3. The van der Waals surface area contributed by atoms with Crippen LogP contribution in [-0.2, 0) is 14.3 Å². The van der Waals surface area contributed by atoms with Crippen molar-refractivity contribution in [1.29, 1.82) is 0 Å². The maximum atomic E-state index is 13.5. The molecule has 1 aliphatic heterocycles. The molecule has 0 saturated heterocycles. The molecule has 1 aliphatic carbocycles. The summed E-state index contributed by atoms with van der Waals surface area (Å²) in [6.07, 6.45) is 3.41. The molecule has 1 fully saturated rings. The normalized spacial score (nSPS) is 18.1. The molecule has 1 unspecified atom stereocenters. The van der Waals surface area contributed by atoms with E-state index in [9.17, 15) is 9.59 Å². The molecule has 2 aromatic rings. The lowest BCUT2D eigenvalue weighted by atomic mass is 9.84. The Balaban J connectivity index is 1.60. The van der Waals surface area contributed by atoms with Crippen LogP contribution >= 0.6 is 11.6 Å². The molecule has 0 aromatic heterocycles. The number of aryl methyl sites for hydroxylation is 1. The van der Waals surface area contributed by atoms with Gasteiger partial charge >= 0.3 is 0 Å². The molecule has 2 aromatic carbocycles. The first-order valence-corrected chi connectivity index (χ1v) is 11.8. The van der Waals surface area contributed by atoms with Gasteiger partial charge in [-0.3, -0.25) is 9.59 Å². The van der Waals surface area contributed by atoms with Crippen LogP contribution in [0.25, 0.3) is 0 Å². The average molecular weight is 468 g/mol. The van der Waals surface area contributed by atoms with Gasteiger partial charge in [-0.1, -0.05) is 66.0 Å². The monoisotopic (exact) mass is 467 g/mol. The molecular formula is C26H30ClN3O3. The number of hydrazone groups is 1. The summed E-state index contributed by atoms with van der Waals surface area (Å²) in [7, 11) is 1.60. The predicted octanol–water partition coefficient (Wildman–Crippen LogP) is 4.60. The van der Waals surface area contributed by atoms with Crippen molar-refractivity contribution in [3.63, 3.8) is 0 Å². The fourth-order valence-corrected chi connectivity index (χ4v) is 4.51. The minimum Gasteiger partial charge on any atom is -0.383 e. The number of amides is 2. The number of halogens is 1. The van der Waals surface area contributed by atoms with Gasteiger partial charge in [0, 0.05) is 36.6 Å². The van der Waals surface area contributed by atoms with Crippen LogP contribution in [0.2, 0.25) is 5.02 Å². The first kappa shape index (κ1) is 23.5. The minimum absolute atomic E-state index is 0.0135. The molecule has 6 nitrogen and oxygen atoms in total. The molecule has 174 valence electrons. The van der Waals surface area contributed by atoms with Gasteiger partial charge < -0.3 is 9.64 Å². The number of methoxy groups -OCH3 is 1. The highest BCUT2D eigenvalue weighted by Crippen LogP contribution is 2.35. The Hall–Kier alpha value is -2.70. The maximum Gasteiger partial charge on any atom is 0.262 e. The zero-order valence-corrected chi connectivity index (χ0v) is 19.9. The third-order valence-electron chi connectivity index (χ3n) is 6.47. The van der Waals surface area contributed by atoms with Crippen molar-refractivity contribution in [2.45, 2.75) is 38.6 Å². The molecule has 4 rings (SSSR count). The highest BCUT2D eigenvalue weighted by atomic mass is 35.5. The first-order chi connectivity index (χ1) is 16.0. The van der Waals surface area contributed by atoms with Crippen LogP contribution in [0.15, 0.2) is 53.6 Å². The Morgan fingerprint density at radius 1 is 1.15 bits per heavy atom. The van der Waals surface area contributed by atoms with E-state index in [0.29, 0.717) is 24.6 Å². The summed E-state index contributed by atoms with van der Waals surface area (Å²) in [4.78, 5) is 28.1. The highest BCUT2D eigenvalue weighted by molar-refractivity contribution is 6.34. The number of benzene rings is 2. The lowest BCUT2D eigenvalue weighted by Gasteiger charge is -2.32. The number of carbonyl (C=O) groups is 2. The second kappa shape index (κ2) is 10.5. The van der Waals surface area contributed by atoms with Crippen molar-refractivity contribution in [2.75, 3.05) is 26.8 Å². The molecule has 1 saturated carbocycles.